The molecule has 0 bridgehead atoms. The Labute approximate surface area is 199 Å². The maximum absolute atomic E-state index is 12.6. The topological polar surface area (TPSA) is 126 Å². The molecule has 1 atom stereocenters. The molecule has 0 spiro atoms. The van der Waals surface area contributed by atoms with Crippen LogP contribution in [0.2, 0.25) is 0 Å². The van der Waals surface area contributed by atoms with Crippen molar-refractivity contribution in [3.63, 3.8) is 0 Å². The monoisotopic (exact) mass is 467 g/mol. The third-order valence-electron chi connectivity index (χ3n) is 6.77. The van der Waals surface area contributed by atoms with Crippen LogP contribution in [-0.2, 0) is 22.4 Å². The lowest BCUT2D eigenvalue weighted by molar-refractivity contribution is -0.140. The van der Waals surface area contributed by atoms with Crippen LogP contribution in [0.15, 0.2) is 18.5 Å². The number of carbonyl (C=O) groups is 2. The van der Waals surface area contributed by atoms with E-state index in [1.165, 1.54) is 18.3 Å². The van der Waals surface area contributed by atoms with Gasteiger partial charge in [-0.3, -0.25) is 4.79 Å². The van der Waals surface area contributed by atoms with E-state index in [1.54, 1.807) is 13.8 Å². The number of fused-ring (bicyclic) bond motifs is 1. The normalized spacial score (nSPS) is 19.9. The number of hydrogen-bond acceptors (Lipinski definition) is 7. The lowest BCUT2D eigenvalue weighted by atomic mass is 9.79. The predicted octanol–water partition coefficient (Wildman–Crippen LogP) is 2.85. The van der Waals surface area contributed by atoms with Gasteiger partial charge in [-0.1, -0.05) is 6.07 Å². The van der Waals surface area contributed by atoms with Crippen molar-refractivity contribution in [2.75, 3.05) is 18.5 Å². The number of aromatic nitrogens is 3. The van der Waals surface area contributed by atoms with E-state index in [0.29, 0.717) is 22.9 Å². The van der Waals surface area contributed by atoms with Crippen LogP contribution >= 0.6 is 0 Å². The van der Waals surface area contributed by atoms with Crippen molar-refractivity contribution in [3.05, 3.63) is 46.7 Å². The summed E-state index contributed by atoms with van der Waals surface area (Å²) in [4.78, 5) is 37.0. The summed E-state index contributed by atoms with van der Waals surface area (Å²) >= 11 is 0. The van der Waals surface area contributed by atoms with E-state index < -0.39 is 17.9 Å². The molecule has 3 N–H and O–H groups in total. The Balaban J connectivity index is 1.17. The number of carboxylic acids is 1. The van der Waals surface area contributed by atoms with E-state index in [-0.39, 0.29) is 19.1 Å². The number of nitrogens with one attached hydrogen (secondary N) is 2. The number of rotatable bonds is 10. The van der Waals surface area contributed by atoms with E-state index in [9.17, 15) is 14.7 Å². The summed E-state index contributed by atoms with van der Waals surface area (Å²) < 4.78 is 5.89. The fourth-order valence-electron chi connectivity index (χ4n) is 4.67. The molecule has 0 aromatic carbocycles. The van der Waals surface area contributed by atoms with Gasteiger partial charge in [-0.15, -0.1) is 0 Å². The Morgan fingerprint density at radius 2 is 2.00 bits per heavy atom. The van der Waals surface area contributed by atoms with Crippen LogP contribution in [-0.4, -0.2) is 57.2 Å². The van der Waals surface area contributed by atoms with E-state index in [1.807, 2.05) is 0 Å². The number of carbonyl (C=O) groups excluding carboxylic acids is 1. The number of pyridine rings is 1. The van der Waals surface area contributed by atoms with Crippen LogP contribution < -0.4 is 10.6 Å². The third kappa shape index (κ3) is 5.88. The summed E-state index contributed by atoms with van der Waals surface area (Å²) in [6.07, 6.45) is 8.01. The van der Waals surface area contributed by atoms with Crippen molar-refractivity contribution >= 4 is 17.7 Å². The molecule has 182 valence electrons. The molecule has 1 aliphatic heterocycles. The lowest BCUT2D eigenvalue weighted by Gasteiger charge is -2.35. The number of ether oxygens (including phenoxy) is 1. The molecule has 1 saturated carbocycles. The molecule has 1 unspecified atom stereocenters. The molecular weight excluding hydrogens is 434 g/mol. The molecule has 9 heteroatoms. The van der Waals surface area contributed by atoms with E-state index >= 15 is 0 Å². The van der Waals surface area contributed by atoms with Crippen LogP contribution in [0.4, 0.5) is 5.82 Å². The molecule has 2 aromatic rings. The quantitative estimate of drug-likeness (QED) is 0.487. The van der Waals surface area contributed by atoms with E-state index in [0.717, 1.165) is 50.2 Å². The minimum Gasteiger partial charge on any atom is -0.480 e. The summed E-state index contributed by atoms with van der Waals surface area (Å²) in [5.41, 5.74) is 3.80. The van der Waals surface area contributed by atoms with Gasteiger partial charge in [0.25, 0.3) is 5.91 Å². The third-order valence-corrected chi connectivity index (χ3v) is 6.77. The second kappa shape index (κ2) is 10.9. The number of hydrogen-bond donors (Lipinski definition) is 3. The standard InChI is InChI=1S/C25H33N5O4/c1-15-22(16(2)28-14-27-15)24(31)30-21(25(32)33)9-11-34-20-12-17(13-20)5-7-19-8-6-18-4-3-10-26-23(18)29-19/h6,8,14,17,20-21H,3-5,7,9-13H2,1-2H3,(H,26,29)(H,30,31)(H,32,33). The number of anilines is 1. The molecule has 34 heavy (non-hydrogen) atoms. The number of amides is 1. The Morgan fingerprint density at radius 1 is 1.24 bits per heavy atom. The highest BCUT2D eigenvalue weighted by molar-refractivity contribution is 5.98. The van der Waals surface area contributed by atoms with Gasteiger partial charge in [-0.25, -0.2) is 19.7 Å². The van der Waals surface area contributed by atoms with Crippen LogP contribution in [0.25, 0.3) is 0 Å². The van der Waals surface area contributed by atoms with E-state index in [4.69, 9.17) is 9.72 Å². The first-order valence-electron chi connectivity index (χ1n) is 12.1. The average Bonchev–Trinajstić information content (AvgIpc) is 2.78. The summed E-state index contributed by atoms with van der Waals surface area (Å²) in [6.45, 7) is 4.69. The van der Waals surface area contributed by atoms with Crippen LogP contribution in [0.1, 0.15) is 65.1 Å². The highest BCUT2D eigenvalue weighted by Crippen LogP contribution is 2.34. The first kappa shape index (κ1) is 24.1. The van der Waals surface area contributed by atoms with Crippen LogP contribution in [0, 0.1) is 19.8 Å². The van der Waals surface area contributed by atoms with Crippen molar-refractivity contribution in [1.82, 2.24) is 20.3 Å². The van der Waals surface area contributed by atoms with Gasteiger partial charge in [0, 0.05) is 25.3 Å². The lowest BCUT2D eigenvalue weighted by Crippen LogP contribution is -2.42. The van der Waals surface area contributed by atoms with Gasteiger partial charge in [0.1, 0.15) is 18.2 Å². The Hall–Kier alpha value is -3.07. The van der Waals surface area contributed by atoms with Crippen molar-refractivity contribution in [2.24, 2.45) is 5.92 Å². The number of aliphatic carboxylic acids is 1. The summed E-state index contributed by atoms with van der Waals surface area (Å²) in [5.74, 6) is 0.0962. The zero-order valence-electron chi connectivity index (χ0n) is 19.8. The van der Waals surface area contributed by atoms with Gasteiger partial charge in [-0.05, 0) is 69.9 Å². The van der Waals surface area contributed by atoms with Crippen molar-refractivity contribution < 1.29 is 19.4 Å². The maximum atomic E-state index is 12.6. The number of carboxylic acid groups (broad SMARTS) is 1. The molecule has 0 saturated heterocycles. The second-order valence-electron chi connectivity index (χ2n) is 9.28. The van der Waals surface area contributed by atoms with Crippen molar-refractivity contribution in [3.8, 4) is 0 Å². The summed E-state index contributed by atoms with van der Waals surface area (Å²) in [5, 5.41) is 15.5. The largest absolute Gasteiger partial charge is 0.480 e. The van der Waals surface area contributed by atoms with Gasteiger partial charge < -0.3 is 20.5 Å². The first-order valence-corrected chi connectivity index (χ1v) is 12.1. The Kier molecular flexibility index (Phi) is 7.72. The molecule has 9 nitrogen and oxygen atoms in total. The maximum Gasteiger partial charge on any atom is 0.326 e. The van der Waals surface area contributed by atoms with Gasteiger partial charge in [-0.2, -0.15) is 0 Å². The van der Waals surface area contributed by atoms with Crippen LogP contribution in [0.3, 0.4) is 0 Å². The summed E-state index contributed by atoms with van der Waals surface area (Å²) in [6, 6.07) is 3.32. The van der Waals surface area contributed by atoms with E-state index in [2.05, 4.69) is 32.7 Å². The number of nitrogens with zero attached hydrogens (tertiary/aromatic N) is 3. The van der Waals surface area contributed by atoms with Gasteiger partial charge in [0.2, 0.25) is 0 Å². The fourth-order valence-corrected chi connectivity index (χ4v) is 4.67. The minimum atomic E-state index is -1.08. The second-order valence-corrected chi connectivity index (χ2v) is 9.28. The molecule has 0 radical (unpaired) electrons. The fraction of sp³-hybridized carbons (Fsp3) is 0.560. The Morgan fingerprint density at radius 3 is 2.74 bits per heavy atom. The molecule has 1 amide bonds. The molecule has 3 heterocycles. The van der Waals surface area contributed by atoms with Gasteiger partial charge >= 0.3 is 5.97 Å². The molecule has 1 aliphatic carbocycles. The molecule has 2 aliphatic rings. The SMILES string of the molecule is Cc1ncnc(C)c1C(=O)NC(CCOC1CC(CCc2ccc3c(n2)NCCC3)C1)C(=O)O. The summed E-state index contributed by atoms with van der Waals surface area (Å²) in [7, 11) is 0. The van der Waals surface area contributed by atoms with Gasteiger partial charge in [0.15, 0.2) is 0 Å². The highest BCUT2D eigenvalue weighted by atomic mass is 16.5. The van der Waals surface area contributed by atoms with Crippen molar-refractivity contribution in [1.29, 1.82) is 0 Å². The molecular formula is C25H33N5O4. The van der Waals surface area contributed by atoms with Gasteiger partial charge in [0.05, 0.1) is 23.1 Å². The van der Waals surface area contributed by atoms with Crippen molar-refractivity contribution in [2.45, 2.75) is 70.9 Å². The molecule has 2 aromatic heterocycles. The number of aryl methyl sites for hydroxylation is 4. The average molecular weight is 468 g/mol. The van der Waals surface area contributed by atoms with Crippen LogP contribution in [0.5, 0.6) is 0 Å². The zero-order chi connectivity index (χ0) is 24.1. The highest BCUT2D eigenvalue weighted by Gasteiger charge is 2.30. The first-order chi connectivity index (χ1) is 16.4. The minimum absolute atomic E-state index is 0.153. The predicted molar refractivity (Wildman–Crippen MR) is 127 cm³/mol. The molecule has 4 rings (SSSR count). The molecule has 1 fully saturated rings. The smallest absolute Gasteiger partial charge is 0.326 e. The zero-order valence-corrected chi connectivity index (χ0v) is 19.8. The Bertz CT molecular complexity index is 1020.